The highest BCUT2D eigenvalue weighted by molar-refractivity contribution is 5.26. The van der Waals surface area contributed by atoms with E-state index in [0.717, 1.165) is 19.0 Å². The average molecular weight is 259 g/mol. The molecule has 0 amide bonds. The summed E-state index contributed by atoms with van der Waals surface area (Å²) in [5, 5.41) is 3.61. The number of hydrogen-bond acceptors (Lipinski definition) is 1. The summed E-state index contributed by atoms with van der Waals surface area (Å²) < 4.78 is 0. The summed E-state index contributed by atoms with van der Waals surface area (Å²) in [5.41, 5.74) is 1.87. The minimum Gasteiger partial charge on any atom is -0.316 e. The van der Waals surface area contributed by atoms with Gasteiger partial charge in [-0.1, -0.05) is 69.9 Å². The van der Waals surface area contributed by atoms with E-state index >= 15 is 0 Å². The number of hydrogen-bond donors (Lipinski definition) is 1. The Morgan fingerprint density at radius 3 is 2.37 bits per heavy atom. The largest absolute Gasteiger partial charge is 0.316 e. The lowest BCUT2D eigenvalue weighted by atomic mass is 9.71. The molecule has 1 aliphatic rings. The van der Waals surface area contributed by atoms with Gasteiger partial charge < -0.3 is 5.32 Å². The fourth-order valence-electron chi connectivity index (χ4n) is 3.69. The summed E-state index contributed by atoms with van der Waals surface area (Å²) in [6, 6.07) is 11.2. The molecule has 0 heterocycles. The molecule has 1 aromatic rings. The Morgan fingerprint density at radius 1 is 1.11 bits per heavy atom. The molecule has 0 aliphatic heterocycles. The van der Waals surface area contributed by atoms with Crippen molar-refractivity contribution >= 4 is 0 Å². The van der Waals surface area contributed by atoms with Crippen molar-refractivity contribution in [3.63, 3.8) is 0 Å². The fraction of sp³-hybridized carbons (Fsp3) is 0.667. The number of nitrogens with one attached hydrogen (secondary N) is 1. The lowest BCUT2D eigenvalue weighted by Gasteiger charge is -2.36. The quantitative estimate of drug-likeness (QED) is 0.759. The second-order valence-corrected chi connectivity index (χ2v) is 6.13. The smallest absolute Gasteiger partial charge is 0.00778 e. The van der Waals surface area contributed by atoms with Crippen LogP contribution in [-0.4, -0.2) is 13.1 Å². The predicted octanol–water partition coefficient (Wildman–Crippen LogP) is 4.52. The van der Waals surface area contributed by atoms with Crippen LogP contribution in [0.5, 0.6) is 0 Å². The summed E-state index contributed by atoms with van der Waals surface area (Å²) in [6.45, 7) is 6.76. The van der Waals surface area contributed by atoms with Crippen molar-refractivity contribution in [2.24, 2.45) is 5.92 Å². The summed E-state index contributed by atoms with van der Waals surface area (Å²) >= 11 is 0. The predicted molar refractivity (Wildman–Crippen MR) is 83.5 cm³/mol. The van der Waals surface area contributed by atoms with Gasteiger partial charge in [0.05, 0.1) is 0 Å². The Hall–Kier alpha value is -0.820. The summed E-state index contributed by atoms with van der Waals surface area (Å²) in [6.07, 6.45) is 8.38. The summed E-state index contributed by atoms with van der Waals surface area (Å²) in [4.78, 5) is 0. The molecule has 0 radical (unpaired) electrons. The van der Waals surface area contributed by atoms with Gasteiger partial charge >= 0.3 is 0 Å². The maximum absolute atomic E-state index is 3.61. The van der Waals surface area contributed by atoms with E-state index < -0.39 is 0 Å². The highest BCUT2D eigenvalue weighted by Gasteiger charge is 2.33. The van der Waals surface area contributed by atoms with Crippen molar-refractivity contribution in [1.82, 2.24) is 5.32 Å². The lowest BCUT2D eigenvalue weighted by Crippen LogP contribution is -2.39. The Balaban J connectivity index is 2.19. The first-order chi connectivity index (χ1) is 9.30. The van der Waals surface area contributed by atoms with Crippen LogP contribution in [0.1, 0.15) is 57.9 Å². The molecule has 19 heavy (non-hydrogen) atoms. The van der Waals surface area contributed by atoms with E-state index in [4.69, 9.17) is 0 Å². The third-order valence-electron chi connectivity index (χ3n) is 4.93. The van der Waals surface area contributed by atoms with Crippen LogP contribution in [0, 0.1) is 5.92 Å². The molecular formula is C18H29N. The van der Waals surface area contributed by atoms with E-state index in [9.17, 15) is 0 Å². The zero-order valence-corrected chi connectivity index (χ0v) is 12.6. The third-order valence-corrected chi connectivity index (χ3v) is 4.93. The van der Waals surface area contributed by atoms with Gasteiger partial charge in [0, 0.05) is 12.0 Å². The first-order valence-electron chi connectivity index (χ1n) is 8.07. The number of benzene rings is 1. The van der Waals surface area contributed by atoms with E-state index in [1.807, 2.05) is 0 Å². The first kappa shape index (κ1) is 14.6. The molecule has 1 N–H and O–H groups in total. The van der Waals surface area contributed by atoms with Crippen molar-refractivity contribution in [3.05, 3.63) is 35.9 Å². The molecule has 0 spiro atoms. The van der Waals surface area contributed by atoms with Gasteiger partial charge in [-0.25, -0.2) is 0 Å². The third kappa shape index (κ3) is 3.60. The second-order valence-electron chi connectivity index (χ2n) is 6.13. The molecule has 1 unspecified atom stereocenters. The van der Waals surface area contributed by atoms with E-state index in [1.165, 1.54) is 44.1 Å². The zero-order valence-electron chi connectivity index (χ0n) is 12.6. The van der Waals surface area contributed by atoms with E-state index in [-0.39, 0.29) is 0 Å². The van der Waals surface area contributed by atoms with Crippen LogP contribution in [0.4, 0.5) is 0 Å². The van der Waals surface area contributed by atoms with Crippen LogP contribution < -0.4 is 5.32 Å². The van der Waals surface area contributed by atoms with Gasteiger partial charge in [0.15, 0.2) is 0 Å². The van der Waals surface area contributed by atoms with Gasteiger partial charge in [-0.15, -0.1) is 0 Å². The molecule has 1 saturated carbocycles. The molecule has 0 saturated heterocycles. The van der Waals surface area contributed by atoms with Crippen LogP contribution in [0.25, 0.3) is 0 Å². The SMILES string of the molecule is CCNCC(CC)(CC1CCCC1)c1ccccc1. The fourth-order valence-corrected chi connectivity index (χ4v) is 3.69. The van der Waals surface area contributed by atoms with Crippen molar-refractivity contribution < 1.29 is 0 Å². The topological polar surface area (TPSA) is 12.0 Å². The Kier molecular flexibility index (Phi) is 5.45. The zero-order chi connectivity index (χ0) is 13.6. The van der Waals surface area contributed by atoms with Crippen molar-refractivity contribution in [1.29, 1.82) is 0 Å². The minimum atomic E-state index is 0.340. The highest BCUT2D eigenvalue weighted by Crippen LogP contribution is 2.39. The molecule has 106 valence electrons. The molecular weight excluding hydrogens is 230 g/mol. The standard InChI is InChI=1S/C18H29N/c1-3-18(15-19-4-2,14-16-10-8-9-11-16)17-12-6-5-7-13-17/h5-7,12-13,16,19H,3-4,8-11,14-15H2,1-2H3. The van der Waals surface area contributed by atoms with E-state index in [1.54, 1.807) is 0 Å². The van der Waals surface area contributed by atoms with Crippen LogP contribution in [0.3, 0.4) is 0 Å². The van der Waals surface area contributed by atoms with Crippen molar-refractivity contribution in [3.8, 4) is 0 Å². The Labute approximate surface area is 118 Å². The molecule has 1 aliphatic carbocycles. The monoisotopic (exact) mass is 259 g/mol. The molecule has 1 heteroatoms. The van der Waals surface area contributed by atoms with E-state index in [2.05, 4.69) is 49.5 Å². The average Bonchev–Trinajstić information content (AvgIpc) is 2.97. The molecule has 2 rings (SSSR count). The normalized spacial score (nSPS) is 19.5. The van der Waals surface area contributed by atoms with Gasteiger partial charge in [0.2, 0.25) is 0 Å². The van der Waals surface area contributed by atoms with E-state index in [0.29, 0.717) is 5.41 Å². The van der Waals surface area contributed by atoms with Gasteiger partial charge in [-0.2, -0.15) is 0 Å². The molecule has 1 atom stereocenters. The van der Waals surface area contributed by atoms with Crippen molar-refractivity contribution in [2.75, 3.05) is 13.1 Å². The number of rotatable bonds is 7. The first-order valence-corrected chi connectivity index (χ1v) is 8.07. The molecule has 1 aromatic carbocycles. The van der Waals surface area contributed by atoms with Gasteiger partial charge in [0.25, 0.3) is 0 Å². The highest BCUT2D eigenvalue weighted by atomic mass is 14.9. The second kappa shape index (κ2) is 7.09. The maximum Gasteiger partial charge on any atom is 0.00778 e. The Bertz CT molecular complexity index is 353. The van der Waals surface area contributed by atoms with Crippen LogP contribution >= 0.6 is 0 Å². The van der Waals surface area contributed by atoms with Gasteiger partial charge in [-0.05, 0) is 30.9 Å². The molecule has 0 bridgehead atoms. The minimum absolute atomic E-state index is 0.340. The number of likely N-dealkylation sites (N-methyl/N-ethyl adjacent to an activating group) is 1. The summed E-state index contributed by atoms with van der Waals surface area (Å²) in [5.74, 6) is 0.943. The summed E-state index contributed by atoms with van der Waals surface area (Å²) in [7, 11) is 0. The van der Waals surface area contributed by atoms with Crippen LogP contribution in [0.15, 0.2) is 30.3 Å². The van der Waals surface area contributed by atoms with Crippen LogP contribution in [-0.2, 0) is 5.41 Å². The molecule has 1 fully saturated rings. The Morgan fingerprint density at radius 2 is 1.79 bits per heavy atom. The van der Waals surface area contributed by atoms with Gasteiger partial charge in [0.1, 0.15) is 0 Å². The molecule has 0 aromatic heterocycles. The van der Waals surface area contributed by atoms with Crippen LogP contribution in [0.2, 0.25) is 0 Å². The maximum atomic E-state index is 3.61. The lowest BCUT2D eigenvalue weighted by molar-refractivity contribution is 0.294. The van der Waals surface area contributed by atoms with Crippen molar-refractivity contribution in [2.45, 2.75) is 57.8 Å². The van der Waals surface area contributed by atoms with Gasteiger partial charge in [-0.3, -0.25) is 0 Å². The molecule has 1 nitrogen and oxygen atoms in total.